The van der Waals surface area contributed by atoms with Crippen LogP contribution in [0, 0.1) is 5.82 Å². The Kier molecular flexibility index (Phi) is 5.09. The lowest BCUT2D eigenvalue weighted by Gasteiger charge is -2.24. The van der Waals surface area contributed by atoms with Crippen LogP contribution in [-0.2, 0) is 11.3 Å². The Morgan fingerprint density at radius 1 is 1.43 bits per heavy atom. The molecule has 1 aromatic heterocycles. The van der Waals surface area contributed by atoms with E-state index < -0.39 is 11.8 Å². The molecule has 0 saturated carbocycles. The van der Waals surface area contributed by atoms with Crippen molar-refractivity contribution in [2.45, 2.75) is 19.5 Å². The Labute approximate surface area is 128 Å². The second-order valence-electron chi connectivity index (χ2n) is 4.91. The first-order valence-corrected chi connectivity index (χ1v) is 7.51. The van der Waals surface area contributed by atoms with Crippen LogP contribution in [0.4, 0.5) is 4.39 Å². The fourth-order valence-corrected chi connectivity index (χ4v) is 2.95. The SMILES string of the molecule is COC(=O)c1ccc(CN(C)C(C)c2cccs2)cc1F. The van der Waals surface area contributed by atoms with Gasteiger partial charge in [0.25, 0.3) is 0 Å². The maximum Gasteiger partial charge on any atom is 0.340 e. The largest absolute Gasteiger partial charge is 0.465 e. The van der Waals surface area contributed by atoms with Gasteiger partial charge < -0.3 is 4.74 Å². The Hall–Kier alpha value is -1.72. The van der Waals surface area contributed by atoms with Gasteiger partial charge in [-0.1, -0.05) is 12.1 Å². The number of ether oxygens (including phenoxy) is 1. The van der Waals surface area contributed by atoms with Gasteiger partial charge in [-0.3, -0.25) is 4.90 Å². The van der Waals surface area contributed by atoms with Gasteiger partial charge in [0.2, 0.25) is 0 Å². The molecule has 2 aromatic rings. The quantitative estimate of drug-likeness (QED) is 0.785. The van der Waals surface area contributed by atoms with E-state index in [0.717, 1.165) is 5.56 Å². The number of carbonyl (C=O) groups excluding carboxylic acids is 1. The molecule has 1 aromatic carbocycles. The zero-order valence-electron chi connectivity index (χ0n) is 12.3. The van der Waals surface area contributed by atoms with Crippen molar-refractivity contribution in [1.29, 1.82) is 0 Å². The molecular formula is C16H18FNO2S. The zero-order chi connectivity index (χ0) is 15.4. The summed E-state index contributed by atoms with van der Waals surface area (Å²) in [6.45, 7) is 2.72. The van der Waals surface area contributed by atoms with Crippen LogP contribution in [0.2, 0.25) is 0 Å². The van der Waals surface area contributed by atoms with Crippen LogP contribution in [0.25, 0.3) is 0 Å². The molecule has 112 valence electrons. The molecule has 0 bridgehead atoms. The zero-order valence-corrected chi connectivity index (χ0v) is 13.1. The normalized spacial score (nSPS) is 12.4. The van der Waals surface area contributed by atoms with Crippen molar-refractivity contribution in [3.05, 3.63) is 57.5 Å². The minimum Gasteiger partial charge on any atom is -0.465 e. The summed E-state index contributed by atoms with van der Waals surface area (Å²) in [6.07, 6.45) is 0. The van der Waals surface area contributed by atoms with E-state index in [1.807, 2.05) is 18.5 Å². The van der Waals surface area contributed by atoms with Crippen molar-refractivity contribution in [2.24, 2.45) is 0 Å². The van der Waals surface area contributed by atoms with Gasteiger partial charge in [0.15, 0.2) is 0 Å². The molecule has 0 aliphatic carbocycles. The first kappa shape index (κ1) is 15.7. The number of carbonyl (C=O) groups is 1. The minimum absolute atomic E-state index is 0.0322. The van der Waals surface area contributed by atoms with Crippen molar-refractivity contribution < 1.29 is 13.9 Å². The fraction of sp³-hybridized carbons (Fsp3) is 0.312. The van der Waals surface area contributed by atoms with Gasteiger partial charge in [-0.25, -0.2) is 9.18 Å². The third kappa shape index (κ3) is 3.68. The predicted octanol–water partition coefficient (Wildman–Crippen LogP) is 3.87. The highest BCUT2D eigenvalue weighted by Crippen LogP contribution is 2.25. The summed E-state index contributed by atoms with van der Waals surface area (Å²) in [5.41, 5.74) is 0.793. The van der Waals surface area contributed by atoms with E-state index in [1.165, 1.54) is 24.1 Å². The Bertz CT molecular complexity index is 613. The van der Waals surface area contributed by atoms with Crippen molar-refractivity contribution in [3.63, 3.8) is 0 Å². The summed E-state index contributed by atoms with van der Waals surface area (Å²) in [5, 5.41) is 2.05. The number of hydrogen-bond donors (Lipinski definition) is 0. The van der Waals surface area contributed by atoms with E-state index in [2.05, 4.69) is 22.6 Å². The summed E-state index contributed by atoms with van der Waals surface area (Å²) in [5.74, 6) is -1.20. The third-order valence-corrected chi connectivity index (χ3v) is 4.53. The molecule has 0 radical (unpaired) electrons. The lowest BCUT2D eigenvalue weighted by Crippen LogP contribution is -2.21. The summed E-state index contributed by atoms with van der Waals surface area (Å²) in [7, 11) is 3.24. The molecular weight excluding hydrogens is 289 g/mol. The summed E-state index contributed by atoms with van der Waals surface area (Å²) < 4.78 is 18.4. The van der Waals surface area contributed by atoms with Gasteiger partial charge in [-0.15, -0.1) is 11.3 Å². The van der Waals surface area contributed by atoms with Crippen LogP contribution in [0.1, 0.15) is 33.8 Å². The Morgan fingerprint density at radius 3 is 2.76 bits per heavy atom. The van der Waals surface area contributed by atoms with Crippen LogP contribution >= 0.6 is 11.3 Å². The molecule has 0 saturated heterocycles. The molecule has 21 heavy (non-hydrogen) atoms. The smallest absolute Gasteiger partial charge is 0.340 e. The topological polar surface area (TPSA) is 29.5 Å². The number of halogens is 1. The Balaban J connectivity index is 2.09. The fourth-order valence-electron chi connectivity index (χ4n) is 2.10. The number of benzene rings is 1. The van der Waals surface area contributed by atoms with Crippen molar-refractivity contribution in [2.75, 3.05) is 14.2 Å². The molecule has 0 fully saturated rings. The molecule has 3 nitrogen and oxygen atoms in total. The van der Waals surface area contributed by atoms with Gasteiger partial charge in [0.05, 0.1) is 12.7 Å². The van der Waals surface area contributed by atoms with Crippen LogP contribution in [0.3, 0.4) is 0 Å². The van der Waals surface area contributed by atoms with E-state index in [9.17, 15) is 9.18 Å². The second-order valence-corrected chi connectivity index (χ2v) is 5.89. The average Bonchev–Trinajstić information content (AvgIpc) is 3.00. The van der Waals surface area contributed by atoms with Gasteiger partial charge in [-0.05, 0) is 43.1 Å². The Morgan fingerprint density at radius 2 is 2.19 bits per heavy atom. The van der Waals surface area contributed by atoms with Crippen LogP contribution in [0.5, 0.6) is 0 Å². The first-order valence-electron chi connectivity index (χ1n) is 6.63. The van der Waals surface area contributed by atoms with Gasteiger partial charge in [-0.2, -0.15) is 0 Å². The highest BCUT2D eigenvalue weighted by atomic mass is 32.1. The van der Waals surface area contributed by atoms with Gasteiger partial charge >= 0.3 is 5.97 Å². The molecule has 0 N–H and O–H groups in total. The van der Waals surface area contributed by atoms with Crippen LogP contribution in [-0.4, -0.2) is 25.0 Å². The molecule has 0 amide bonds. The number of hydrogen-bond acceptors (Lipinski definition) is 4. The minimum atomic E-state index is -0.653. The van der Waals surface area contributed by atoms with Crippen molar-refractivity contribution in [3.8, 4) is 0 Å². The van der Waals surface area contributed by atoms with Crippen LogP contribution < -0.4 is 0 Å². The number of thiophene rings is 1. The third-order valence-electron chi connectivity index (χ3n) is 3.49. The molecule has 0 aliphatic heterocycles. The number of nitrogens with zero attached hydrogens (tertiary/aromatic N) is 1. The lowest BCUT2D eigenvalue weighted by atomic mass is 10.1. The molecule has 0 spiro atoms. The molecule has 5 heteroatoms. The van der Waals surface area contributed by atoms with Gasteiger partial charge in [0.1, 0.15) is 5.82 Å². The van der Waals surface area contributed by atoms with Crippen LogP contribution in [0.15, 0.2) is 35.7 Å². The maximum absolute atomic E-state index is 13.9. The first-order chi connectivity index (χ1) is 10.0. The summed E-state index contributed by atoms with van der Waals surface area (Å²) in [6, 6.07) is 8.99. The summed E-state index contributed by atoms with van der Waals surface area (Å²) in [4.78, 5) is 14.8. The number of rotatable bonds is 5. The average molecular weight is 307 g/mol. The molecule has 0 aliphatic rings. The standard InChI is InChI=1S/C16H18FNO2S/c1-11(15-5-4-8-21-15)18(2)10-12-6-7-13(14(17)9-12)16(19)20-3/h4-9,11H,10H2,1-3H3. The molecule has 1 atom stereocenters. The van der Waals surface area contributed by atoms with E-state index in [0.29, 0.717) is 6.54 Å². The number of esters is 1. The molecule has 2 rings (SSSR count). The van der Waals surface area contributed by atoms with Crippen molar-refractivity contribution >= 4 is 17.3 Å². The van der Waals surface area contributed by atoms with Crippen molar-refractivity contribution in [1.82, 2.24) is 4.90 Å². The molecule has 1 unspecified atom stereocenters. The van der Waals surface area contributed by atoms with E-state index in [4.69, 9.17) is 0 Å². The van der Waals surface area contributed by atoms with E-state index >= 15 is 0 Å². The monoisotopic (exact) mass is 307 g/mol. The molecule has 1 heterocycles. The maximum atomic E-state index is 13.9. The predicted molar refractivity (Wildman–Crippen MR) is 81.9 cm³/mol. The van der Waals surface area contributed by atoms with E-state index in [-0.39, 0.29) is 11.6 Å². The summed E-state index contributed by atoms with van der Waals surface area (Å²) >= 11 is 1.71. The highest BCUT2D eigenvalue weighted by molar-refractivity contribution is 7.10. The second kappa shape index (κ2) is 6.83. The number of methoxy groups -OCH3 is 1. The lowest BCUT2D eigenvalue weighted by molar-refractivity contribution is 0.0595. The highest BCUT2D eigenvalue weighted by Gasteiger charge is 2.16. The van der Waals surface area contributed by atoms with E-state index in [1.54, 1.807) is 17.4 Å². The van der Waals surface area contributed by atoms with Gasteiger partial charge in [0, 0.05) is 17.5 Å².